The van der Waals surface area contributed by atoms with Crippen LogP contribution in [0.4, 0.5) is 0 Å². The third-order valence-corrected chi connectivity index (χ3v) is 3.13. The number of nitriles is 1. The zero-order chi connectivity index (χ0) is 14.6. The van der Waals surface area contributed by atoms with Gasteiger partial charge in [0.1, 0.15) is 11.6 Å². The predicted molar refractivity (Wildman–Crippen MR) is 69.4 cm³/mol. The molecule has 1 aromatic rings. The minimum Gasteiger partial charge on any atom is -0.325 e. The third-order valence-electron chi connectivity index (χ3n) is 3.13. The standard InChI is InChI=1S/C13H17N3O3/c1-8-10(5-6-12(17)16(3)19-4)9(2)15-13(18)11(8)7-14/h5-6H2,1-4H3,(H,15,18). The van der Waals surface area contributed by atoms with Gasteiger partial charge in [-0.3, -0.25) is 14.4 Å². The number of carbonyl (C=O) groups excluding carboxylic acids is 1. The summed E-state index contributed by atoms with van der Waals surface area (Å²) in [5.41, 5.74) is 1.87. The Kier molecular flexibility index (Phi) is 4.84. The first-order chi connectivity index (χ1) is 8.92. The summed E-state index contributed by atoms with van der Waals surface area (Å²) in [7, 11) is 2.96. The number of rotatable bonds is 4. The largest absolute Gasteiger partial charge is 0.325 e. The second kappa shape index (κ2) is 6.16. The maximum Gasteiger partial charge on any atom is 0.266 e. The van der Waals surface area contributed by atoms with E-state index in [4.69, 9.17) is 10.1 Å². The Hall–Kier alpha value is -2.13. The number of H-pyrrole nitrogens is 1. The normalized spacial score (nSPS) is 10.1. The van der Waals surface area contributed by atoms with Crippen molar-refractivity contribution in [2.45, 2.75) is 26.7 Å². The van der Waals surface area contributed by atoms with Gasteiger partial charge in [0.15, 0.2) is 0 Å². The molecule has 19 heavy (non-hydrogen) atoms. The molecule has 0 bridgehead atoms. The first kappa shape index (κ1) is 14.9. The van der Waals surface area contributed by atoms with E-state index < -0.39 is 0 Å². The van der Waals surface area contributed by atoms with E-state index >= 15 is 0 Å². The molecule has 0 saturated heterocycles. The summed E-state index contributed by atoms with van der Waals surface area (Å²) < 4.78 is 0. The van der Waals surface area contributed by atoms with Gasteiger partial charge in [0, 0.05) is 19.2 Å². The average Bonchev–Trinajstić information content (AvgIpc) is 2.37. The number of hydrogen-bond acceptors (Lipinski definition) is 4. The van der Waals surface area contributed by atoms with Crippen molar-refractivity contribution in [2.75, 3.05) is 14.2 Å². The van der Waals surface area contributed by atoms with E-state index in [0.717, 1.165) is 10.6 Å². The molecule has 0 unspecified atom stereocenters. The van der Waals surface area contributed by atoms with Crippen LogP contribution in [-0.2, 0) is 16.1 Å². The maximum atomic E-state index is 11.7. The SMILES string of the molecule is CON(C)C(=O)CCc1c(C)[nH]c(=O)c(C#N)c1C. The van der Waals surface area contributed by atoms with Crippen molar-refractivity contribution in [1.29, 1.82) is 5.26 Å². The van der Waals surface area contributed by atoms with Crippen molar-refractivity contribution in [1.82, 2.24) is 10.0 Å². The van der Waals surface area contributed by atoms with E-state index in [9.17, 15) is 9.59 Å². The Morgan fingerprint density at radius 1 is 1.47 bits per heavy atom. The van der Waals surface area contributed by atoms with Gasteiger partial charge in [-0.25, -0.2) is 5.06 Å². The molecule has 1 amide bonds. The van der Waals surface area contributed by atoms with Gasteiger partial charge in [-0.05, 0) is 31.4 Å². The molecule has 6 heteroatoms. The van der Waals surface area contributed by atoms with Gasteiger partial charge in [-0.1, -0.05) is 0 Å². The Morgan fingerprint density at radius 3 is 2.63 bits per heavy atom. The Balaban J connectivity index is 3.00. The number of carbonyl (C=O) groups is 1. The van der Waals surface area contributed by atoms with Crippen molar-refractivity contribution in [3.05, 3.63) is 32.7 Å². The second-order valence-corrected chi connectivity index (χ2v) is 4.24. The van der Waals surface area contributed by atoms with Crippen LogP contribution in [0.25, 0.3) is 0 Å². The number of aromatic nitrogens is 1. The second-order valence-electron chi connectivity index (χ2n) is 4.24. The van der Waals surface area contributed by atoms with Gasteiger partial charge < -0.3 is 4.98 Å². The summed E-state index contributed by atoms with van der Waals surface area (Å²) in [6.45, 7) is 3.48. The molecule has 0 saturated carbocycles. The van der Waals surface area contributed by atoms with Gasteiger partial charge in [0.2, 0.25) is 5.91 Å². The molecule has 1 heterocycles. The van der Waals surface area contributed by atoms with E-state index in [1.807, 2.05) is 6.07 Å². The number of pyridine rings is 1. The molecule has 102 valence electrons. The number of aromatic amines is 1. The predicted octanol–water partition coefficient (Wildman–Crippen LogP) is 0.816. The molecular formula is C13H17N3O3. The Bertz CT molecular complexity index is 584. The summed E-state index contributed by atoms with van der Waals surface area (Å²) in [5.74, 6) is -0.161. The van der Waals surface area contributed by atoms with Crippen LogP contribution in [0.3, 0.4) is 0 Å². The van der Waals surface area contributed by atoms with Crippen molar-refractivity contribution >= 4 is 5.91 Å². The molecule has 0 aliphatic rings. The van der Waals surface area contributed by atoms with Crippen LogP contribution in [0, 0.1) is 25.2 Å². The Labute approximate surface area is 111 Å². The van der Waals surface area contributed by atoms with Crippen LogP contribution >= 0.6 is 0 Å². The number of hydrogen-bond donors (Lipinski definition) is 1. The van der Waals surface area contributed by atoms with Crippen LogP contribution in [0.2, 0.25) is 0 Å². The molecule has 1 rings (SSSR count). The highest BCUT2D eigenvalue weighted by atomic mass is 16.7. The molecule has 6 nitrogen and oxygen atoms in total. The summed E-state index contributed by atoms with van der Waals surface area (Å²) in [6, 6.07) is 1.89. The fourth-order valence-corrected chi connectivity index (χ4v) is 1.91. The third kappa shape index (κ3) is 3.20. The summed E-state index contributed by atoms with van der Waals surface area (Å²) in [5, 5.41) is 10.1. The monoisotopic (exact) mass is 263 g/mol. The van der Waals surface area contributed by atoms with E-state index in [-0.39, 0.29) is 23.5 Å². The highest BCUT2D eigenvalue weighted by Crippen LogP contribution is 2.15. The van der Waals surface area contributed by atoms with Gasteiger partial charge in [-0.2, -0.15) is 5.26 Å². The Morgan fingerprint density at radius 2 is 2.11 bits per heavy atom. The van der Waals surface area contributed by atoms with Gasteiger partial charge in [0.05, 0.1) is 7.11 Å². The molecule has 1 N–H and O–H groups in total. The quantitative estimate of drug-likeness (QED) is 0.815. The summed E-state index contributed by atoms with van der Waals surface area (Å²) in [4.78, 5) is 30.6. The van der Waals surface area contributed by atoms with E-state index in [2.05, 4.69) is 4.98 Å². The zero-order valence-electron chi connectivity index (χ0n) is 11.5. The van der Waals surface area contributed by atoms with Gasteiger partial charge >= 0.3 is 0 Å². The number of aryl methyl sites for hydroxylation is 1. The van der Waals surface area contributed by atoms with E-state index in [1.165, 1.54) is 14.2 Å². The molecule has 1 aromatic heterocycles. The van der Waals surface area contributed by atoms with Crippen molar-refractivity contribution in [3.63, 3.8) is 0 Å². The molecular weight excluding hydrogens is 246 g/mol. The van der Waals surface area contributed by atoms with Gasteiger partial charge in [0.25, 0.3) is 5.56 Å². The van der Waals surface area contributed by atoms with Crippen LogP contribution in [0.15, 0.2) is 4.79 Å². The van der Waals surface area contributed by atoms with Crippen molar-refractivity contribution < 1.29 is 9.63 Å². The molecule has 0 aliphatic carbocycles. The van der Waals surface area contributed by atoms with Crippen molar-refractivity contribution in [2.24, 2.45) is 0 Å². The van der Waals surface area contributed by atoms with E-state index in [1.54, 1.807) is 13.8 Å². The highest BCUT2D eigenvalue weighted by Gasteiger charge is 2.14. The lowest BCUT2D eigenvalue weighted by Gasteiger charge is -2.15. The molecule has 0 radical (unpaired) electrons. The van der Waals surface area contributed by atoms with Crippen LogP contribution in [0.1, 0.15) is 28.8 Å². The van der Waals surface area contributed by atoms with E-state index in [0.29, 0.717) is 17.7 Å². The van der Waals surface area contributed by atoms with Crippen LogP contribution < -0.4 is 5.56 Å². The number of hydroxylamine groups is 2. The lowest BCUT2D eigenvalue weighted by Crippen LogP contribution is -2.26. The number of nitrogens with one attached hydrogen (secondary N) is 1. The zero-order valence-corrected chi connectivity index (χ0v) is 11.5. The van der Waals surface area contributed by atoms with Crippen LogP contribution in [-0.4, -0.2) is 30.1 Å². The molecule has 0 aliphatic heterocycles. The fourth-order valence-electron chi connectivity index (χ4n) is 1.91. The first-order valence-electron chi connectivity index (χ1n) is 5.85. The van der Waals surface area contributed by atoms with Crippen LogP contribution in [0.5, 0.6) is 0 Å². The maximum absolute atomic E-state index is 11.7. The van der Waals surface area contributed by atoms with Gasteiger partial charge in [-0.15, -0.1) is 0 Å². The summed E-state index contributed by atoms with van der Waals surface area (Å²) in [6.07, 6.45) is 0.707. The minimum absolute atomic E-state index is 0.105. The number of amides is 1. The fraction of sp³-hybridized carbons (Fsp3) is 0.462. The smallest absolute Gasteiger partial charge is 0.266 e. The minimum atomic E-state index is -0.387. The lowest BCUT2D eigenvalue weighted by molar-refractivity contribution is -0.168. The van der Waals surface area contributed by atoms with Crippen molar-refractivity contribution in [3.8, 4) is 6.07 Å². The number of nitrogens with zero attached hydrogens (tertiary/aromatic N) is 2. The average molecular weight is 263 g/mol. The highest BCUT2D eigenvalue weighted by molar-refractivity contribution is 5.75. The summed E-state index contributed by atoms with van der Waals surface area (Å²) >= 11 is 0. The topological polar surface area (TPSA) is 86.2 Å². The first-order valence-corrected chi connectivity index (χ1v) is 5.85. The molecule has 0 atom stereocenters. The molecule has 0 aromatic carbocycles. The molecule has 0 fully saturated rings. The molecule has 0 spiro atoms. The lowest BCUT2D eigenvalue weighted by atomic mass is 9.99.